The molecule has 0 aromatic rings. The summed E-state index contributed by atoms with van der Waals surface area (Å²) in [6.45, 7) is 14.3. The summed E-state index contributed by atoms with van der Waals surface area (Å²) in [7, 11) is 0. The lowest BCUT2D eigenvalue weighted by atomic mass is 9.60. The van der Waals surface area contributed by atoms with Crippen LogP contribution in [0.15, 0.2) is 35.5 Å². The smallest absolute Gasteiger partial charge is 0.0839 e. The third kappa shape index (κ3) is 7.14. The number of aliphatic hydroxyl groups is 3. The van der Waals surface area contributed by atoms with E-state index in [4.69, 9.17) is 5.11 Å². The minimum Gasteiger partial charge on any atom is -0.396 e. The molecule has 7 atom stereocenters. The average Bonchev–Trinajstić information content (AvgIpc) is 3.19. The number of unbranched alkanes of at least 4 members (excludes halogenated alkanes) is 3. The van der Waals surface area contributed by atoms with Crippen molar-refractivity contribution >= 4 is 0 Å². The Kier molecular flexibility index (Phi) is 11.3. The highest BCUT2D eigenvalue weighted by molar-refractivity contribution is 5.39. The maximum Gasteiger partial charge on any atom is 0.0839 e. The van der Waals surface area contributed by atoms with Crippen LogP contribution in [0.2, 0.25) is 0 Å². The van der Waals surface area contributed by atoms with Gasteiger partial charge in [-0.1, -0.05) is 90.5 Å². The summed E-state index contributed by atoms with van der Waals surface area (Å²) in [5.74, 6) is 3.00. The van der Waals surface area contributed by atoms with Crippen molar-refractivity contribution in [3.8, 4) is 0 Å². The predicted molar refractivity (Wildman–Crippen MR) is 152 cm³/mol. The SMILES string of the molecule is C=C1/C(=C\C=C2/CCC[C@]3(C)[C@@H]([C@H](C)CCCC(C)C)CC[C@@H]23)C[C@@H](O)[C@@H](CCCCCCO)[C@@H]1O. The summed E-state index contributed by atoms with van der Waals surface area (Å²) < 4.78 is 0. The fourth-order valence-corrected chi connectivity index (χ4v) is 8.01. The van der Waals surface area contributed by atoms with Crippen molar-refractivity contribution in [3.05, 3.63) is 35.5 Å². The van der Waals surface area contributed by atoms with E-state index < -0.39 is 12.2 Å². The van der Waals surface area contributed by atoms with E-state index >= 15 is 0 Å². The van der Waals surface area contributed by atoms with Gasteiger partial charge in [-0.15, -0.1) is 0 Å². The Morgan fingerprint density at radius 1 is 1.00 bits per heavy atom. The van der Waals surface area contributed by atoms with E-state index in [2.05, 4.69) is 46.4 Å². The Labute approximate surface area is 222 Å². The molecule has 0 aromatic heterocycles. The second kappa shape index (κ2) is 13.8. The molecule has 0 unspecified atom stereocenters. The Morgan fingerprint density at radius 2 is 1.75 bits per heavy atom. The first kappa shape index (κ1) is 29.7. The van der Waals surface area contributed by atoms with E-state index in [1.807, 2.05) is 0 Å². The molecule has 3 rings (SSSR count). The third-order valence-corrected chi connectivity index (χ3v) is 10.2. The van der Waals surface area contributed by atoms with E-state index in [0.29, 0.717) is 17.8 Å². The van der Waals surface area contributed by atoms with Crippen LogP contribution in [0.25, 0.3) is 0 Å². The van der Waals surface area contributed by atoms with Gasteiger partial charge in [0.25, 0.3) is 0 Å². The van der Waals surface area contributed by atoms with E-state index in [1.165, 1.54) is 51.4 Å². The van der Waals surface area contributed by atoms with Crippen LogP contribution in [0.1, 0.15) is 118 Å². The molecule has 206 valence electrons. The molecule has 3 heteroatoms. The fourth-order valence-electron chi connectivity index (χ4n) is 8.01. The summed E-state index contributed by atoms with van der Waals surface area (Å²) in [5, 5.41) is 30.8. The summed E-state index contributed by atoms with van der Waals surface area (Å²) in [5.41, 5.74) is 3.85. The van der Waals surface area contributed by atoms with Crippen molar-refractivity contribution in [2.75, 3.05) is 6.61 Å². The molecule has 3 aliphatic carbocycles. The van der Waals surface area contributed by atoms with Gasteiger partial charge in [-0.05, 0) is 91.6 Å². The monoisotopic (exact) mass is 500 g/mol. The standard InChI is InChI=1S/C33H56O3/c1-23(2)12-10-13-24(3)29-18-19-30-26(14-11-20-33(29,30)5)16-17-27-22-31(35)28(32(36)25(27)4)15-8-6-7-9-21-34/h16-17,23-24,28-32,34-36H,4,6-15,18-22H2,1-3,5H3/b26-16+,27-17-/t24-,28-,29-,30+,31-,32-,33-/m1/s1. The lowest BCUT2D eigenvalue weighted by Crippen LogP contribution is -2.38. The van der Waals surface area contributed by atoms with Crippen molar-refractivity contribution in [1.29, 1.82) is 0 Å². The van der Waals surface area contributed by atoms with Crippen LogP contribution in [0.3, 0.4) is 0 Å². The highest BCUT2D eigenvalue weighted by atomic mass is 16.3. The third-order valence-electron chi connectivity index (χ3n) is 10.2. The molecule has 3 aliphatic rings. The number of aliphatic hydroxyl groups excluding tert-OH is 3. The first-order chi connectivity index (χ1) is 17.2. The summed E-state index contributed by atoms with van der Waals surface area (Å²) in [6, 6.07) is 0. The van der Waals surface area contributed by atoms with Gasteiger partial charge in [0.1, 0.15) is 0 Å². The summed E-state index contributed by atoms with van der Waals surface area (Å²) in [4.78, 5) is 0. The molecule has 0 aromatic carbocycles. The van der Waals surface area contributed by atoms with Crippen LogP contribution in [-0.4, -0.2) is 34.1 Å². The molecule has 3 saturated carbocycles. The van der Waals surface area contributed by atoms with Crippen LogP contribution < -0.4 is 0 Å². The fraction of sp³-hybridized carbons (Fsp3) is 0.818. The average molecular weight is 501 g/mol. The molecule has 3 nitrogen and oxygen atoms in total. The number of allylic oxidation sites excluding steroid dienone is 3. The molecular weight excluding hydrogens is 444 g/mol. The molecule has 0 aliphatic heterocycles. The number of hydrogen-bond acceptors (Lipinski definition) is 3. The van der Waals surface area contributed by atoms with Gasteiger partial charge in [0.15, 0.2) is 0 Å². The highest BCUT2D eigenvalue weighted by Crippen LogP contribution is 2.60. The van der Waals surface area contributed by atoms with E-state index in [9.17, 15) is 10.2 Å². The molecular formula is C33H56O3. The van der Waals surface area contributed by atoms with E-state index in [0.717, 1.165) is 61.0 Å². The highest BCUT2D eigenvalue weighted by Gasteiger charge is 2.50. The Morgan fingerprint density at radius 3 is 2.47 bits per heavy atom. The van der Waals surface area contributed by atoms with Crippen molar-refractivity contribution in [1.82, 2.24) is 0 Å². The lowest BCUT2D eigenvalue weighted by molar-refractivity contribution is 0.0128. The molecule has 0 radical (unpaired) electrons. The minimum atomic E-state index is -0.657. The van der Waals surface area contributed by atoms with Gasteiger partial charge in [-0.3, -0.25) is 0 Å². The second-order valence-electron chi connectivity index (χ2n) is 13.2. The molecule has 3 N–H and O–H groups in total. The van der Waals surface area contributed by atoms with Crippen molar-refractivity contribution in [3.63, 3.8) is 0 Å². The number of hydrogen-bond donors (Lipinski definition) is 3. The maximum atomic E-state index is 10.9. The molecule has 0 heterocycles. The van der Waals surface area contributed by atoms with Crippen LogP contribution in [0.5, 0.6) is 0 Å². The van der Waals surface area contributed by atoms with Crippen LogP contribution >= 0.6 is 0 Å². The van der Waals surface area contributed by atoms with Gasteiger partial charge < -0.3 is 15.3 Å². The van der Waals surface area contributed by atoms with Crippen LogP contribution in [-0.2, 0) is 0 Å². The van der Waals surface area contributed by atoms with Crippen molar-refractivity contribution in [2.45, 2.75) is 130 Å². The summed E-state index contributed by atoms with van der Waals surface area (Å²) >= 11 is 0. The molecule has 0 spiro atoms. The first-order valence-electron chi connectivity index (χ1n) is 15.2. The topological polar surface area (TPSA) is 60.7 Å². The van der Waals surface area contributed by atoms with E-state index in [-0.39, 0.29) is 12.5 Å². The van der Waals surface area contributed by atoms with Crippen molar-refractivity contribution in [2.24, 2.45) is 35.0 Å². The zero-order chi connectivity index (χ0) is 26.3. The molecule has 0 saturated heterocycles. The largest absolute Gasteiger partial charge is 0.396 e. The van der Waals surface area contributed by atoms with Gasteiger partial charge in [0.2, 0.25) is 0 Å². The molecule has 36 heavy (non-hydrogen) atoms. The number of fused-ring (bicyclic) bond motifs is 1. The summed E-state index contributed by atoms with van der Waals surface area (Å²) in [6.07, 6.45) is 19.2. The quantitative estimate of drug-likeness (QED) is 0.240. The lowest BCUT2D eigenvalue weighted by Gasteiger charge is -2.44. The van der Waals surface area contributed by atoms with Crippen molar-refractivity contribution < 1.29 is 15.3 Å². The maximum absolute atomic E-state index is 10.9. The Balaban J connectivity index is 1.63. The predicted octanol–water partition coefficient (Wildman–Crippen LogP) is 7.76. The second-order valence-corrected chi connectivity index (χ2v) is 13.2. The zero-order valence-electron chi connectivity index (χ0n) is 23.9. The molecule has 0 amide bonds. The molecule has 0 bridgehead atoms. The zero-order valence-corrected chi connectivity index (χ0v) is 23.9. The normalized spacial score (nSPS) is 36.1. The van der Waals surface area contributed by atoms with Crippen LogP contribution in [0.4, 0.5) is 0 Å². The van der Waals surface area contributed by atoms with Crippen LogP contribution in [0, 0.1) is 35.0 Å². The first-order valence-corrected chi connectivity index (χ1v) is 15.2. The van der Waals surface area contributed by atoms with Gasteiger partial charge in [-0.25, -0.2) is 0 Å². The minimum absolute atomic E-state index is 0.123. The molecule has 3 fully saturated rings. The van der Waals surface area contributed by atoms with Gasteiger partial charge in [0, 0.05) is 12.5 Å². The van der Waals surface area contributed by atoms with E-state index in [1.54, 1.807) is 5.57 Å². The number of rotatable bonds is 12. The van der Waals surface area contributed by atoms with Gasteiger partial charge >= 0.3 is 0 Å². The Bertz CT molecular complexity index is 765. The Hall–Kier alpha value is -0.900. The van der Waals surface area contributed by atoms with Gasteiger partial charge in [-0.2, -0.15) is 0 Å². The van der Waals surface area contributed by atoms with Gasteiger partial charge in [0.05, 0.1) is 12.2 Å².